The molecule has 0 aliphatic carbocycles. The summed E-state index contributed by atoms with van der Waals surface area (Å²) in [7, 11) is 2.78. The van der Waals surface area contributed by atoms with Crippen molar-refractivity contribution in [1.29, 1.82) is 0 Å². The van der Waals surface area contributed by atoms with E-state index in [0.717, 1.165) is 17.4 Å². The molecule has 1 aliphatic rings. The summed E-state index contributed by atoms with van der Waals surface area (Å²) in [5.74, 6) is -0.0103. The number of nitrogens with one attached hydrogen (secondary N) is 1. The molecule has 7 nitrogen and oxygen atoms in total. The largest absolute Gasteiger partial charge is 0.469 e. The van der Waals surface area contributed by atoms with E-state index in [1.165, 1.54) is 20.2 Å². The van der Waals surface area contributed by atoms with Gasteiger partial charge in [-0.3, -0.25) is 19.1 Å². The van der Waals surface area contributed by atoms with E-state index in [-0.39, 0.29) is 17.4 Å². The van der Waals surface area contributed by atoms with Gasteiger partial charge in [0.2, 0.25) is 0 Å². The number of esters is 1. The van der Waals surface area contributed by atoms with Gasteiger partial charge in [0.1, 0.15) is 5.82 Å². The second-order valence-corrected chi connectivity index (χ2v) is 4.67. The van der Waals surface area contributed by atoms with Gasteiger partial charge >= 0.3 is 11.7 Å². The number of H-pyrrole nitrogens is 1. The molecule has 1 unspecified atom stereocenters. The number of carbonyl (C=O) groups excluding carboxylic acids is 1. The van der Waals surface area contributed by atoms with Crippen LogP contribution in [0, 0.1) is 5.92 Å². The molecule has 0 spiro atoms. The number of hydrogen-bond acceptors (Lipinski definition) is 5. The number of ether oxygens (including phenoxy) is 1. The molecule has 1 aromatic heterocycles. The van der Waals surface area contributed by atoms with Crippen LogP contribution < -0.4 is 16.1 Å². The maximum atomic E-state index is 11.6. The van der Waals surface area contributed by atoms with Crippen molar-refractivity contribution in [1.82, 2.24) is 9.55 Å². The Morgan fingerprint density at radius 1 is 1.47 bits per heavy atom. The van der Waals surface area contributed by atoms with Crippen LogP contribution in [0.4, 0.5) is 5.82 Å². The number of rotatable bonds is 2. The van der Waals surface area contributed by atoms with Crippen molar-refractivity contribution >= 4 is 11.8 Å². The van der Waals surface area contributed by atoms with E-state index in [4.69, 9.17) is 4.74 Å². The second kappa shape index (κ2) is 5.29. The zero-order valence-electron chi connectivity index (χ0n) is 11.0. The van der Waals surface area contributed by atoms with E-state index in [0.29, 0.717) is 18.9 Å². The third-order valence-electron chi connectivity index (χ3n) is 3.43. The molecule has 0 bridgehead atoms. The molecule has 1 N–H and O–H groups in total. The Morgan fingerprint density at radius 2 is 2.21 bits per heavy atom. The number of aromatic nitrogens is 2. The minimum absolute atomic E-state index is 0.216. The lowest BCUT2D eigenvalue weighted by molar-refractivity contribution is -0.145. The fourth-order valence-electron chi connectivity index (χ4n) is 2.27. The van der Waals surface area contributed by atoms with Crippen molar-refractivity contribution in [3.63, 3.8) is 0 Å². The summed E-state index contributed by atoms with van der Waals surface area (Å²) in [6, 6.07) is 1.38. The Hall–Kier alpha value is -2.05. The third kappa shape index (κ3) is 2.69. The zero-order valence-corrected chi connectivity index (χ0v) is 11.0. The lowest BCUT2D eigenvalue weighted by Gasteiger charge is -2.32. The first-order valence-electron chi connectivity index (χ1n) is 6.16. The van der Waals surface area contributed by atoms with E-state index in [9.17, 15) is 14.4 Å². The van der Waals surface area contributed by atoms with Crippen molar-refractivity contribution in [2.75, 3.05) is 25.1 Å². The van der Waals surface area contributed by atoms with Crippen LogP contribution in [-0.4, -0.2) is 35.7 Å². The van der Waals surface area contributed by atoms with Gasteiger partial charge in [0.15, 0.2) is 0 Å². The number of nitrogens with zero attached hydrogens (tertiary/aromatic N) is 2. The van der Waals surface area contributed by atoms with Crippen LogP contribution in [0.25, 0.3) is 0 Å². The monoisotopic (exact) mass is 267 g/mol. The molecule has 0 aromatic carbocycles. The first kappa shape index (κ1) is 13.4. The summed E-state index contributed by atoms with van der Waals surface area (Å²) in [5.41, 5.74) is -0.818. The molecule has 19 heavy (non-hydrogen) atoms. The van der Waals surface area contributed by atoms with Crippen molar-refractivity contribution in [3.8, 4) is 0 Å². The van der Waals surface area contributed by atoms with Gasteiger partial charge in [0.05, 0.1) is 13.0 Å². The smallest absolute Gasteiger partial charge is 0.329 e. The Bertz CT molecular complexity index is 558. The highest BCUT2D eigenvalue weighted by molar-refractivity contribution is 5.73. The number of piperidine rings is 1. The predicted octanol–water partition coefficient (Wildman–Crippen LogP) is -0.537. The van der Waals surface area contributed by atoms with Gasteiger partial charge in [0, 0.05) is 26.2 Å². The molecule has 1 aliphatic heterocycles. The fraction of sp³-hybridized carbons (Fsp3) is 0.583. The van der Waals surface area contributed by atoms with Gasteiger partial charge in [-0.05, 0) is 12.8 Å². The lowest BCUT2D eigenvalue weighted by Crippen LogP contribution is -2.42. The van der Waals surface area contributed by atoms with Crippen LogP contribution in [0.1, 0.15) is 12.8 Å². The lowest BCUT2D eigenvalue weighted by atomic mass is 9.98. The van der Waals surface area contributed by atoms with Gasteiger partial charge in [-0.2, -0.15) is 0 Å². The average Bonchev–Trinajstić information content (AvgIpc) is 2.43. The summed E-state index contributed by atoms with van der Waals surface area (Å²) in [5, 5.41) is 0. The summed E-state index contributed by atoms with van der Waals surface area (Å²) in [6.45, 7) is 1.16. The topological polar surface area (TPSA) is 84.4 Å². The molecule has 1 atom stereocenters. The van der Waals surface area contributed by atoms with Crippen molar-refractivity contribution < 1.29 is 9.53 Å². The quantitative estimate of drug-likeness (QED) is 0.728. The number of anilines is 1. The summed E-state index contributed by atoms with van der Waals surface area (Å²) in [6.07, 6.45) is 1.58. The Kier molecular flexibility index (Phi) is 3.73. The van der Waals surface area contributed by atoms with Crippen LogP contribution in [0.3, 0.4) is 0 Å². The van der Waals surface area contributed by atoms with Crippen molar-refractivity contribution in [2.24, 2.45) is 13.0 Å². The van der Waals surface area contributed by atoms with Crippen molar-refractivity contribution in [2.45, 2.75) is 12.8 Å². The standard InChI is InChI=1S/C12H17N3O4/c1-14-10(16)6-9(13-12(14)18)15-5-3-4-8(7-15)11(17)19-2/h6,8H,3-5,7H2,1-2H3,(H,13,18). The summed E-state index contributed by atoms with van der Waals surface area (Å²) < 4.78 is 5.74. The maximum absolute atomic E-state index is 11.6. The van der Waals surface area contributed by atoms with E-state index >= 15 is 0 Å². The van der Waals surface area contributed by atoms with Crippen LogP contribution in [0.15, 0.2) is 15.7 Å². The minimum atomic E-state index is -0.456. The molecule has 0 amide bonds. The Balaban J connectivity index is 2.25. The molecule has 0 radical (unpaired) electrons. The molecular formula is C12H17N3O4. The molecule has 0 saturated carbocycles. The Labute approximate surface area is 109 Å². The van der Waals surface area contributed by atoms with Gasteiger partial charge in [0.25, 0.3) is 5.56 Å². The van der Waals surface area contributed by atoms with E-state index in [2.05, 4.69) is 4.98 Å². The fourth-order valence-corrected chi connectivity index (χ4v) is 2.27. The van der Waals surface area contributed by atoms with Gasteiger partial charge in [-0.25, -0.2) is 4.79 Å². The van der Waals surface area contributed by atoms with Crippen LogP contribution in [0.2, 0.25) is 0 Å². The highest BCUT2D eigenvalue weighted by Gasteiger charge is 2.27. The Morgan fingerprint density at radius 3 is 2.84 bits per heavy atom. The van der Waals surface area contributed by atoms with Crippen LogP contribution >= 0.6 is 0 Å². The van der Waals surface area contributed by atoms with E-state index in [1.807, 2.05) is 4.90 Å². The number of methoxy groups -OCH3 is 1. The van der Waals surface area contributed by atoms with Gasteiger partial charge in [-0.15, -0.1) is 0 Å². The molecule has 2 heterocycles. The minimum Gasteiger partial charge on any atom is -0.469 e. The maximum Gasteiger partial charge on any atom is 0.329 e. The summed E-state index contributed by atoms with van der Waals surface area (Å²) in [4.78, 5) is 39.2. The van der Waals surface area contributed by atoms with Crippen LogP contribution in [-0.2, 0) is 16.6 Å². The first-order chi connectivity index (χ1) is 9.02. The first-order valence-corrected chi connectivity index (χ1v) is 6.16. The number of aromatic amines is 1. The van der Waals surface area contributed by atoms with E-state index in [1.54, 1.807) is 0 Å². The highest BCUT2D eigenvalue weighted by atomic mass is 16.5. The molecule has 1 fully saturated rings. The molecule has 1 aromatic rings. The van der Waals surface area contributed by atoms with Gasteiger partial charge in [-0.1, -0.05) is 0 Å². The molecule has 7 heteroatoms. The van der Waals surface area contributed by atoms with Gasteiger partial charge < -0.3 is 9.64 Å². The molecular weight excluding hydrogens is 250 g/mol. The molecule has 1 saturated heterocycles. The third-order valence-corrected chi connectivity index (χ3v) is 3.43. The average molecular weight is 267 g/mol. The number of carbonyl (C=O) groups is 1. The zero-order chi connectivity index (χ0) is 14.0. The van der Waals surface area contributed by atoms with Crippen LogP contribution in [0.5, 0.6) is 0 Å². The van der Waals surface area contributed by atoms with E-state index < -0.39 is 5.69 Å². The molecule has 2 rings (SSSR count). The summed E-state index contributed by atoms with van der Waals surface area (Å²) >= 11 is 0. The second-order valence-electron chi connectivity index (χ2n) is 4.67. The highest BCUT2D eigenvalue weighted by Crippen LogP contribution is 2.20. The predicted molar refractivity (Wildman–Crippen MR) is 69.3 cm³/mol. The normalized spacial score (nSPS) is 19.3. The number of hydrogen-bond donors (Lipinski definition) is 1. The SMILES string of the molecule is COC(=O)C1CCCN(c2cc(=O)n(C)c(=O)[nH]2)C1. The molecule has 104 valence electrons. The van der Waals surface area contributed by atoms with Crippen molar-refractivity contribution in [3.05, 3.63) is 26.9 Å².